The van der Waals surface area contributed by atoms with Crippen LogP contribution in [0.4, 0.5) is 0 Å². The number of hydrogen-bond acceptors (Lipinski definition) is 4. The van der Waals surface area contributed by atoms with Crippen LogP contribution in [0.1, 0.15) is 21.6 Å². The third-order valence-electron chi connectivity index (χ3n) is 2.74. The highest BCUT2D eigenvalue weighted by Gasteiger charge is 2.05. The molecule has 6 heteroatoms. The lowest BCUT2D eigenvalue weighted by Gasteiger charge is -2.09. The standard InChI is InChI=1S/C14H14BrN3O2/c1-9-2-4-11(15)6-13(9)20-8-12-5-3-10(7-17-12)14(19)18-16/h2-7H,8,16H2,1H3,(H,18,19). The van der Waals surface area contributed by atoms with Gasteiger partial charge in [-0.2, -0.15) is 0 Å². The summed E-state index contributed by atoms with van der Waals surface area (Å²) >= 11 is 3.40. The lowest BCUT2D eigenvalue weighted by Crippen LogP contribution is -2.30. The second kappa shape index (κ2) is 6.49. The molecular weight excluding hydrogens is 322 g/mol. The molecule has 2 aromatic rings. The van der Waals surface area contributed by atoms with E-state index >= 15 is 0 Å². The molecule has 1 heterocycles. The number of rotatable bonds is 4. The van der Waals surface area contributed by atoms with Crippen LogP contribution in [-0.2, 0) is 6.61 Å². The number of aryl methyl sites for hydroxylation is 1. The Balaban J connectivity index is 2.04. The van der Waals surface area contributed by atoms with E-state index in [0.717, 1.165) is 21.5 Å². The van der Waals surface area contributed by atoms with E-state index in [0.29, 0.717) is 12.2 Å². The first-order valence-corrected chi connectivity index (χ1v) is 6.74. The molecule has 2 rings (SSSR count). The molecule has 3 N–H and O–H groups in total. The fourth-order valence-corrected chi connectivity index (χ4v) is 1.95. The number of halogens is 1. The molecule has 0 aliphatic heterocycles. The van der Waals surface area contributed by atoms with Crippen LogP contribution in [-0.4, -0.2) is 10.9 Å². The van der Waals surface area contributed by atoms with Crippen molar-refractivity contribution in [1.82, 2.24) is 10.4 Å². The Morgan fingerprint density at radius 2 is 2.20 bits per heavy atom. The Labute approximate surface area is 125 Å². The van der Waals surface area contributed by atoms with E-state index < -0.39 is 0 Å². The molecule has 1 aromatic carbocycles. The van der Waals surface area contributed by atoms with Crippen molar-refractivity contribution < 1.29 is 9.53 Å². The maximum Gasteiger partial charge on any atom is 0.266 e. The van der Waals surface area contributed by atoms with Crippen molar-refractivity contribution in [3.05, 3.63) is 57.8 Å². The first kappa shape index (κ1) is 14.5. The van der Waals surface area contributed by atoms with E-state index in [-0.39, 0.29) is 5.91 Å². The smallest absolute Gasteiger partial charge is 0.266 e. The van der Waals surface area contributed by atoms with Crippen molar-refractivity contribution in [2.45, 2.75) is 13.5 Å². The van der Waals surface area contributed by atoms with Gasteiger partial charge in [0.05, 0.1) is 11.3 Å². The largest absolute Gasteiger partial charge is 0.487 e. The summed E-state index contributed by atoms with van der Waals surface area (Å²) in [6.07, 6.45) is 1.47. The Bertz CT molecular complexity index is 614. The van der Waals surface area contributed by atoms with Crippen LogP contribution in [0, 0.1) is 6.92 Å². The number of pyridine rings is 1. The van der Waals surface area contributed by atoms with Crippen LogP contribution in [0.2, 0.25) is 0 Å². The average molecular weight is 336 g/mol. The highest BCUT2D eigenvalue weighted by atomic mass is 79.9. The van der Waals surface area contributed by atoms with Crippen molar-refractivity contribution in [1.29, 1.82) is 0 Å². The van der Waals surface area contributed by atoms with Crippen LogP contribution in [0.3, 0.4) is 0 Å². The predicted octanol–water partition coefficient (Wildman–Crippen LogP) is 2.34. The van der Waals surface area contributed by atoms with Crippen LogP contribution in [0.5, 0.6) is 5.75 Å². The molecule has 0 unspecified atom stereocenters. The summed E-state index contributed by atoms with van der Waals surface area (Å²) in [7, 11) is 0. The minimum absolute atomic E-state index is 0.335. The molecule has 0 aliphatic carbocycles. The number of carbonyl (C=O) groups is 1. The summed E-state index contributed by atoms with van der Waals surface area (Å²) in [5.74, 6) is 5.48. The number of carbonyl (C=O) groups excluding carboxylic acids is 1. The number of nitrogens with two attached hydrogens (primary N) is 1. The van der Waals surface area contributed by atoms with Gasteiger partial charge in [0.2, 0.25) is 0 Å². The van der Waals surface area contributed by atoms with Gasteiger partial charge < -0.3 is 4.74 Å². The van der Waals surface area contributed by atoms with Crippen LogP contribution >= 0.6 is 15.9 Å². The molecule has 0 saturated carbocycles. The van der Waals surface area contributed by atoms with Crippen molar-refractivity contribution in [2.75, 3.05) is 0 Å². The zero-order valence-corrected chi connectivity index (χ0v) is 12.5. The van der Waals surface area contributed by atoms with Gasteiger partial charge in [-0.15, -0.1) is 0 Å². The van der Waals surface area contributed by atoms with Crippen LogP contribution in [0.25, 0.3) is 0 Å². The third kappa shape index (κ3) is 3.55. The summed E-state index contributed by atoms with van der Waals surface area (Å²) in [6.45, 7) is 2.31. The van der Waals surface area contributed by atoms with Crippen molar-refractivity contribution in [3.8, 4) is 5.75 Å². The maximum atomic E-state index is 11.3. The predicted molar refractivity (Wildman–Crippen MR) is 79.1 cm³/mol. The van der Waals surface area contributed by atoms with Gasteiger partial charge in [0, 0.05) is 10.7 Å². The Kier molecular flexibility index (Phi) is 4.70. The summed E-state index contributed by atoms with van der Waals surface area (Å²) in [6, 6.07) is 9.23. The third-order valence-corrected chi connectivity index (χ3v) is 3.24. The summed E-state index contributed by atoms with van der Waals surface area (Å²) in [4.78, 5) is 15.4. The molecular formula is C14H14BrN3O2. The number of benzene rings is 1. The molecule has 20 heavy (non-hydrogen) atoms. The Morgan fingerprint density at radius 3 is 2.85 bits per heavy atom. The molecule has 0 atom stereocenters. The molecule has 1 amide bonds. The second-order valence-electron chi connectivity index (χ2n) is 4.21. The first-order chi connectivity index (χ1) is 9.60. The van der Waals surface area contributed by atoms with Gasteiger partial charge >= 0.3 is 0 Å². The lowest BCUT2D eigenvalue weighted by atomic mass is 10.2. The molecule has 0 fully saturated rings. The number of nitrogen functional groups attached to an aromatic ring is 1. The molecule has 5 nitrogen and oxygen atoms in total. The fraction of sp³-hybridized carbons (Fsp3) is 0.143. The Hall–Kier alpha value is -1.92. The van der Waals surface area contributed by atoms with Gasteiger partial charge in [-0.1, -0.05) is 22.0 Å². The zero-order valence-electron chi connectivity index (χ0n) is 10.9. The highest BCUT2D eigenvalue weighted by molar-refractivity contribution is 9.10. The van der Waals surface area contributed by atoms with E-state index in [1.807, 2.05) is 25.1 Å². The summed E-state index contributed by atoms with van der Waals surface area (Å²) in [5, 5.41) is 0. The molecule has 104 valence electrons. The number of hydrazine groups is 1. The maximum absolute atomic E-state index is 11.3. The molecule has 0 radical (unpaired) electrons. The monoisotopic (exact) mass is 335 g/mol. The molecule has 0 aliphatic rings. The lowest BCUT2D eigenvalue weighted by molar-refractivity contribution is 0.0953. The van der Waals surface area contributed by atoms with E-state index in [1.165, 1.54) is 6.20 Å². The molecule has 1 aromatic heterocycles. The van der Waals surface area contributed by atoms with Gasteiger partial charge in [-0.05, 0) is 36.8 Å². The van der Waals surface area contributed by atoms with Crippen molar-refractivity contribution >= 4 is 21.8 Å². The van der Waals surface area contributed by atoms with Gasteiger partial charge in [0.25, 0.3) is 5.91 Å². The van der Waals surface area contributed by atoms with E-state index in [1.54, 1.807) is 12.1 Å². The van der Waals surface area contributed by atoms with Crippen molar-refractivity contribution in [2.24, 2.45) is 5.84 Å². The van der Waals surface area contributed by atoms with E-state index in [9.17, 15) is 4.79 Å². The van der Waals surface area contributed by atoms with Crippen LogP contribution < -0.4 is 16.0 Å². The number of nitrogens with zero attached hydrogens (tertiary/aromatic N) is 1. The number of nitrogens with one attached hydrogen (secondary N) is 1. The molecule has 0 bridgehead atoms. The SMILES string of the molecule is Cc1ccc(Br)cc1OCc1ccc(C(=O)NN)cn1. The minimum Gasteiger partial charge on any atom is -0.487 e. The van der Waals surface area contributed by atoms with Gasteiger partial charge in [-0.25, -0.2) is 5.84 Å². The number of amides is 1. The summed E-state index contributed by atoms with van der Waals surface area (Å²) < 4.78 is 6.67. The molecule has 0 saturated heterocycles. The van der Waals surface area contributed by atoms with Gasteiger partial charge in [-0.3, -0.25) is 15.2 Å². The second-order valence-corrected chi connectivity index (χ2v) is 5.13. The normalized spacial score (nSPS) is 10.2. The number of ether oxygens (including phenoxy) is 1. The topological polar surface area (TPSA) is 77.2 Å². The average Bonchev–Trinajstić information content (AvgIpc) is 2.48. The number of aromatic nitrogens is 1. The van der Waals surface area contributed by atoms with Gasteiger partial charge in [0.15, 0.2) is 0 Å². The Morgan fingerprint density at radius 1 is 1.40 bits per heavy atom. The van der Waals surface area contributed by atoms with E-state index in [4.69, 9.17) is 10.6 Å². The minimum atomic E-state index is -0.368. The van der Waals surface area contributed by atoms with Gasteiger partial charge in [0.1, 0.15) is 12.4 Å². The quantitative estimate of drug-likeness (QED) is 0.510. The summed E-state index contributed by atoms with van der Waals surface area (Å²) in [5.41, 5.74) is 4.25. The first-order valence-electron chi connectivity index (χ1n) is 5.95. The molecule has 0 spiro atoms. The highest BCUT2D eigenvalue weighted by Crippen LogP contribution is 2.23. The van der Waals surface area contributed by atoms with E-state index in [2.05, 4.69) is 26.3 Å². The number of hydrogen-bond donors (Lipinski definition) is 2. The van der Waals surface area contributed by atoms with Crippen molar-refractivity contribution in [3.63, 3.8) is 0 Å². The zero-order chi connectivity index (χ0) is 14.5. The fourth-order valence-electron chi connectivity index (χ4n) is 1.61. The van der Waals surface area contributed by atoms with Crippen LogP contribution in [0.15, 0.2) is 41.0 Å².